The molecule has 0 aromatic heterocycles. The minimum Gasteiger partial charge on any atom is -0.395 e. The second-order valence-corrected chi connectivity index (χ2v) is 11.6. The number of hydrogen-bond donors (Lipinski definition) is 15. The molecule has 1 aliphatic carbocycles. The van der Waals surface area contributed by atoms with Gasteiger partial charge in [0.1, 0.15) is 54.9 Å². The van der Waals surface area contributed by atoms with Gasteiger partial charge in [-0.05, 0) is 19.4 Å². The lowest BCUT2D eigenvalue weighted by Crippen LogP contribution is -2.70. The fourth-order valence-electron chi connectivity index (χ4n) is 5.69. The van der Waals surface area contributed by atoms with Crippen molar-refractivity contribution in [2.75, 3.05) is 32.8 Å². The van der Waals surface area contributed by atoms with Gasteiger partial charge in [0.2, 0.25) is 5.91 Å². The van der Waals surface area contributed by atoms with Crippen molar-refractivity contribution in [1.82, 2.24) is 16.0 Å². The number of carbonyl (C=O) groups excluding carboxylic acids is 1. The number of ether oxygens (including phenoxy) is 4. The van der Waals surface area contributed by atoms with Crippen molar-refractivity contribution in [3.05, 3.63) is 0 Å². The van der Waals surface area contributed by atoms with Crippen LogP contribution in [0.4, 0.5) is 4.39 Å². The van der Waals surface area contributed by atoms with E-state index < -0.39 is 116 Å². The zero-order chi connectivity index (χ0) is 34.3. The molecule has 0 aromatic carbocycles. The van der Waals surface area contributed by atoms with Gasteiger partial charge in [-0.25, -0.2) is 4.39 Å². The molecule has 20 nitrogen and oxygen atoms in total. The number of nitrogens with one attached hydrogen (secondary N) is 4. The molecular formula is C25H49FN8O12. The molecule has 8 unspecified atom stereocenters. The smallest absolute Gasteiger partial charge is 0.249 e. The van der Waals surface area contributed by atoms with Crippen LogP contribution >= 0.6 is 0 Å². The topological polar surface area (TPSA) is 360 Å². The number of carbonyl (C=O) groups is 1. The fraction of sp³-hybridized carbons (Fsp3) is 0.920. The minimum absolute atomic E-state index is 0.0312. The van der Waals surface area contributed by atoms with E-state index in [-0.39, 0.29) is 39.1 Å². The average Bonchev–Trinajstić information content (AvgIpc) is 3.01. The highest BCUT2D eigenvalue weighted by Crippen LogP contribution is 2.33. The quantitative estimate of drug-likeness (QED) is 0.0462. The van der Waals surface area contributed by atoms with Gasteiger partial charge in [-0.15, -0.1) is 0 Å². The predicted octanol–water partition coefficient (Wildman–Crippen LogP) is -8.33. The van der Waals surface area contributed by atoms with E-state index in [0.29, 0.717) is 0 Å². The fourth-order valence-corrected chi connectivity index (χ4v) is 5.69. The normalized spacial score (nSPS) is 42.3. The van der Waals surface area contributed by atoms with Gasteiger partial charge in [-0.1, -0.05) is 0 Å². The van der Waals surface area contributed by atoms with E-state index in [1.54, 1.807) is 0 Å². The number of aliphatic hydroxyl groups excluding tert-OH is 7. The van der Waals surface area contributed by atoms with E-state index in [4.69, 9.17) is 52.4 Å². The molecule has 2 heterocycles. The third-order valence-corrected chi connectivity index (χ3v) is 8.21. The lowest BCUT2D eigenvalue weighted by molar-refractivity contribution is -0.315. The lowest BCUT2D eigenvalue weighted by atomic mass is 9.84. The Bertz CT molecular complexity index is 982. The summed E-state index contributed by atoms with van der Waals surface area (Å²) < 4.78 is 39.5. The molecular weight excluding hydrogens is 623 g/mol. The Morgan fingerprint density at radius 1 is 0.978 bits per heavy atom. The number of rotatable bonds is 14. The molecule has 0 radical (unpaired) electrons. The van der Waals surface area contributed by atoms with E-state index in [1.807, 2.05) is 0 Å². The Hall–Kier alpha value is -1.93. The van der Waals surface area contributed by atoms with Crippen molar-refractivity contribution in [2.24, 2.45) is 22.9 Å². The summed E-state index contributed by atoms with van der Waals surface area (Å²) in [7, 11) is 0. The van der Waals surface area contributed by atoms with Crippen LogP contribution in [-0.2, 0) is 23.7 Å². The molecule has 3 aliphatic rings. The zero-order valence-corrected chi connectivity index (χ0v) is 25.0. The Morgan fingerprint density at radius 3 is 2.24 bits per heavy atom. The number of aliphatic hydroxyl groups is 7. The molecule has 268 valence electrons. The van der Waals surface area contributed by atoms with Gasteiger partial charge in [-0.3, -0.25) is 10.2 Å². The Morgan fingerprint density at radius 2 is 1.63 bits per heavy atom. The molecule has 0 bridgehead atoms. The molecule has 0 spiro atoms. The molecule has 46 heavy (non-hydrogen) atoms. The van der Waals surface area contributed by atoms with Crippen LogP contribution in [0.2, 0.25) is 0 Å². The number of hydrogen-bond acceptors (Lipinski definition) is 17. The molecule has 21 heteroatoms. The lowest BCUT2D eigenvalue weighted by Gasteiger charge is -2.48. The predicted molar refractivity (Wildman–Crippen MR) is 154 cm³/mol. The summed E-state index contributed by atoms with van der Waals surface area (Å²) in [6.07, 6.45) is -19.5. The van der Waals surface area contributed by atoms with Crippen LogP contribution in [0.1, 0.15) is 12.8 Å². The van der Waals surface area contributed by atoms with Gasteiger partial charge in [0.25, 0.3) is 0 Å². The maximum atomic E-state index is 16.5. The van der Waals surface area contributed by atoms with Crippen molar-refractivity contribution in [3.8, 4) is 0 Å². The van der Waals surface area contributed by atoms with Gasteiger partial charge in [0, 0.05) is 19.1 Å². The van der Waals surface area contributed by atoms with Crippen LogP contribution in [0.15, 0.2) is 0 Å². The number of nitrogens with two attached hydrogens (primary N) is 4. The average molecular weight is 673 g/mol. The largest absolute Gasteiger partial charge is 0.395 e. The summed E-state index contributed by atoms with van der Waals surface area (Å²) in [5.74, 6) is -1.55. The van der Waals surface area contributed by atoms with Crippen molar-refractivity contribution in [2.45, 2.75) is 111 Å². The zero-order valence-electron chi connectivity index (χ0n) is 25.0. The van der Waals surface area contributed by atoms with Crippen LogP contribution in [0, 0.1) is 5.41 Å². The molecule has 16 atom stereocenters. The van der Waals surface area contributed by atoms with Crippen molar-refractivity contribution in [1.29, 1.82) is 5.41 Å². The number of guanidine groups is 1. The first-order valence-electron chi connectivity index (χ1n) is 15.0. The molecule has 19 N–H and O–H groups in total. The maximum absolute atomic E-state index is 16.5. The van der Waals surface area contributed by atoms with Crippen molar-refractivity contribution >= 4 is 11.9 Å². The highest BCUT2D eigenvalue weighted by Gasteiger charge is 2.53. The van der Waals surface area contributed by atoms with E-state index in [1.165, 1.54) is 0 Å². The van der Waals surface area contributed by atoms with Gasteiger partial charge in [-0.2, -0.15) is 0 Å². The number of amides is 1. The summed E-state index contributed by atoms with van der Waals surface area (Å²) >= 11 is 0. The second-order valence-electron chi connectivity index (χ2n) is 11.6. The summed E-state index contributed by atoms with van der Waals surface area (Å²) in [4.78, 5) is 12.7. The third-order valence-electron chi connectivity index (χ3n) is 8.21. The van der Waals surface area contributed by atoms with Crippen LogP contribution in [0.25, 0.3) is 0 Å². The Kier molecular flexibility index (Phi) is 14.6. The molecule has 1 saturated carbocycles. The standard InChI is InChI=1S/C25H49FN8O12/c26-13-20(45-23-14(29)18(40)17(39)11(43-23)6-32-3-4-35)8(28)5-9(33-22(42)10(37)1-2-27)21(13)46-24-19(41)15(34-25(30)31)16(38)12(7-36)44-24/h8-21,23-24,32,35-41H,1-7,27-29H2,(H,33,42)(H4,30,31,34)/t8?,9-,10+,11?,12-,13?,14?,15-,16?,17-,18?,19-,20-,21?,23-,24?/m1/s1. The first-order chi connectivity index (χ1) is 21.7. The van der Waals surface area contributed by atoms with Gasteiger partial charge >= 0.3 is 0 Å². The molecule has 2 saturated heterocycles. The summed E-state index contributed by atoms with van der Waals surface area (Å²) in [6, 6.07) is -5.20. The van der Waals surface area contributed by atoms with Crippen molar-refractivity contribution < 1.29 is 63.9 Å². The maximum Gasteiger partial charge on any atom is 0.249 e. The summed E-state index contributed by atoms with van der Waals surface area (Å²) in [5.41, 5.74) is 23.1. The molecule has 0 aromatic rings. The summed E-state index contributed by atoms with van der Waals surface area (Å²) in [5, 5.41) is 86.5. The Balaban J connectivity index is 1.88. The van der Waals surface area contributed by atoms with Crippen LogP contribution < -0.4 is 38.9 Å². The molecule has 3 fully saturated rings. The molecule has 3 rings (SSSR count). The van der Waals surface area contributed by atoms with E-state index in [9.17, 15) is 35.4 Å². The third kappa shape index (κ3) is 9.15. The van der Waals surface area contributed by atoms with Gasteiger partial charge in [0.15, 0.2) is 24.7 Å². The first-order valence-corrected chi connectivity index (χ1v) is 15.0. The van der Waals surface area contributed by atoms with E-state index >= 15 is 4.39 Å². The minimum atomic E-state index is -2.24. The highest BCUT2D eigenvalue weighted by molar-refractivity contribution is 5.80. The van der Waals surface area contributed by atoms with Crippen LogP contribution in [0.5, 0.6) is 0 Å². The molecule has 1 amide bonds. The van der Waals surface area contributed by atoms with Gasteiger partial charge in [0.05, 0.1) is 31.3 Å². The van der Waals surface area contributed by atoms with E-state index in [2.05, 4.69) is 16.0 Å². The van der Waals surface area contributed by atoms with Crippen LogP contribution in [-0.4, -0.2) is 178 Å². The first kappa shape index (κ1) is 38.5. The van der Waals surface area contributed by atoms with Crippen LogP contribution in [0.3, 0.4) is 0 Å². The SMILES string of the molecule is N=C(N)N[C@@H]1C(O)[C@@H](CO)OC(OC2C(F)[C@H](O[C@H]3OC(CNCCO)[C@@H](O)C(O)C3N)C(N)C[C@H]2NC(=O)[C@@H](O)CCN)[C@@H]1O. The summed E-state index contributed by atoms with van der Waals surface area (Å²) in [6.45, 7) is -0.892. The highest BCUT2D eigenvalue weighted by atomic mass is 19.1. The number of halogens is 1. The number of alkyl halides is 1. The van der Waals surface area contributed by atoms with Gasteiger partial charge < -0.3 is 93.6 Å². The monoisotopic (exact) mass is 672 g/mol. The van der Waals surface area contributed by atoms with E-state index in [0.717, 1.165) is 0 Å². The van der Waals surface area contributed by atoms with Crippen molar-refractivity contribution in [3.63, 3.8) is 0 Å². The second kappa shape index (κ2) is 17.5. The Labute approximate surface area is 264 Å². The molecule has 2 aliphatic heterocycles.